The minimum Gasteiger partial charge on any atom is -0.321 e. The quantitative estimate of drug-likeness (QED) is 0.367. The van der Waals surface area contributed by atoms with Gasteiger partial charge in [-0.2, -0.15) is 5.10 Å². The summed E-state index contributed by atoms with van der Waals surface area (Å²) in [5.41, 5.74) is 4.17. The maximum Gasteiger partial charge on any atom is 0.273 e. The second-order valence-corrected chi connectivity index (χ2v) is 7.28. The van der Waals surface area contributed by atoms with Crippen molar-refractivity contribution in [1.29, 1.82) is 0 Å². The Morgan fingerprint density at radius 3 is 2.48 bits per heavy atom. The molecule has 0 atom stereocenters. The molecule has 0 unspecified atom stereocenters. The zero-order valence-electron chi connectivity index (χ0n) is 14.5. The van der Waals surface area contributed by atoms with Crippen LogP contribution in [0.15, 0.2) is 76.0 Å². The molecule has 7 heteroatoms. The van der Waals surface area contributed by atoms with Crippen molar-refractivity contribution in [1.82, 2.24) is 5.43 Å². The molecule has 2 N–H and O–H groups in total. The number of anilines is 1. The number of para-hydroxylation sites is 1. The molecular formula is C20H17N3O2S2. The van der Waals surface area contributed by atoms with Gasteiger partial charge in [0.05, 0.1) is 22.3 Å². The van der Waals surface area contributed by atoms with E-state index in [0.29, 0.717) is 16.1 Å². The molecule has 27 heavy (non-hydrogen) atoms. The number of hydrazone groups is 1. The van der Waals surface area contributed by atoms with E-state index in [9.17, 15) is 9.59 Å². The van der Waals surface area contributed by atoms with E-state index in [1.54, 1.807) is 54.4 Å². The third-order valence-corrected chi connectivity index (χ3v) is 5.27. The van der Waals surface area contributed by atoms with Crippen molar-refractivity contribution in [3.8, 4) is 0 Å². The van der Waals surface area contributed by atoms with Gasteiger partial charge in [0.2, 0.25) is 0 Å². The van der Waals surface area contributed by atoms with E-state index in [2.05, 4.69) is 15.8 Å². The van der Waals surface area contributed by atoms with E-state index < -0.39 is 5.91 Å². The van der Waals surface area contributed by atoms with Gasteiger partial charge in [0.15, 0.2) is 0 Å². The van der Waals surface area contributed by atoms with Crippen molar-refractivity contribution >= 4 is 46.8 Å². The fourth-order valence-corrected chi connectivity index (χ4v) is 3.32. The average molecular weight is 396 g/mol. The van der Waals surface area contributed by atoms with Crippen molar-refractivity contribution in [3.05, 3.63) is 82.0 Å². The number of benzene rings is 2. The molecule has 2 amide bonds. The van der Waals surface area contributed by atoms with Crippen LogP contribution in [0.1, 0.15) is 25.6 Å². The molecule has 1 aromatic heterocycles. The van der Waals surface area contributed by atoms with Crippen LogP contribution in [0.3, 0.4) is 0 Å². The third kappa shape index (κ3) is 5.06. The predicted molar refractivity (Wildman–Crippen MR) is 112 cm³/mol. The van der Waals surface area contributed by atoms with Crippen molar-refractivity contribution in [3.63, 3.8) is 0 Å². The van der Waals surface area contributed by atoms with Gasteiger partial charge in [0.25, 0.3) is 11.8 Å². The molecule has 0 bridgehead atoms. The van der Waals surface area contributed by atoms with Crippen molar-refractivity contribution < 1.29 is 9.59 Å². The first-order valence-corrected chi connectivity index (χ1v) is 10.2. The van der Waals surface area contributed by atoms with Crippen LogP contribution in [0.5, 0.6) is 0 Å². The molecule has 136 valence electrons. The Labute approximate surface area is 165 Å². The summed E-state index contributed by atoms with van der Waals surface area (Å²) in [4.78, 5) is 26.4. The fourth-order valence-electron chi connectivity index (χ4n) is 2.30. The molecule has 1 heterocycles. The van der Waals surface area contributed by atoms with Crippen LogP contribution in [0, 0.1) is 0 Å². The molecule has 5 nitrogen and oxygen atoms in total. The third-order valence-electron chi connectivity index (χ3n) is 3.66. The Balaban J connectivity index is 1.67. The normalized spacial score (nSPS) is 10.7. The van der Waals surface area contributed by atoms with Crippen LogP contribution in [0.2, 0.25) is 0 Å². The summed E-state index contributed by atoms with van der Waals surface area (Å²) in [6, 6.07) is 18.2. The number of amides is 2. The lowest BCUT2D eigenvalue weighted by atomic mass is 10.1. The van der Waals surface area contributed by atoms with Crippen LogP contribution in [-0.2, 0) is 0 Å². The molecule has 0 aliphatic rings. The summed E-state index contributed by atoms with van der Waals surface area (Å²) in [6.45, 7) is 0. The van der Waals surface area contributed by atoms with Gasteiger partial charge >= 0.3 is 0 Å². The molecule has 0 saturated heterocycles. The Morgan fingerprint density at radius 2 is 1.78 bits per heavy atom. The zero-order chi connectivity index (χ0) is 19.1. The summed E-state index contributed by atoms with van der Waals surface area (Å²) in [6.07, 6.45) is 3.59. The largest absolute Gasteiger partial charge is 0.321 e. The average Bonchev–Trinajstić information content (AvgIpc) is 3.24. The van der Waals surface area contributed by atoms with Gasteiger partial charge in [-0.25, -0.2) is 5.43 Å². The van der Waals surface area contributed by atoms with E-state index in [1.165, 1.54) is 11.3 Å². The van der Waals surface area contributed by atoms with Crippen LogP contribution in [0.4, 0.5) is 5.69 Å². The number of hydrogen-bond donors (Lipinski definition) is 2. The van der Waals surface area contributed by atoms with Crippen LogP contribution < -0.4 is 10.7 Å². The molecule has 0 aliphatic carbocycles. The van der Waals surface area contributed by atoms with Crippen LogP contribution >= 0.6 is 23.1 Å². The van der Waals surface area contributed by atoms with Crippen LogP contribution in [-0.4, -0.2) is 24.3 Å². The first kappa shape index (κ1) is 18.9. The van der Waals surface area contributed by atoms with Crippen LogP contribution in [0.25, 0.3) is 0 Å². The highest BCUT2D eigenvalue weighted by Crippen LogP contribution is 2.18. The molecule has 3 rings (SSSR count). The molecule has 0 aliphatic heterocycles. The van der Waals surface area contributed by atoms with Gasteiger partial charge in [-0.1, -0.05) is 30.3 Å². The van der Waals surface area contributed by atoms with Gasteiger partial charge in [-0.05, 0) is 47.5 Å². The topological polar surface area (TPSA) is 70.6 Å². The SMILES string of the molecule is CSc1ccc(C=NNC(=O)c2ccccc2NC(=O)c2cccs2)cc1. The number of thioether (sulfide) groups is 1. The van der Waals surface area contributed by atoms with E-state index >= 15 is 0 Å². The Hall–Kier alpha value is -2.90. The summed E-state index contributed by atoms with van der Waals surface area (Å²) >= 11 is 3.00. The van der Waals surface area contributed by atoms with E-state index in [4.69, 9.17) is 0 Å². The van der Waals surface area contributed by atoms with Gasteiger partial charge in [0, 0.05) is 4.90 Å². The molecule has 0 radical (unpaired) electrons. The van der Waals surface area contributed by atoms with Gasteiger partial charge in [-0.3, -0.25) is 9.59 Å². The highest BCUT2D eigenvalue weighted by molar-refractivity contribution is 7.98. The number of nitrogens with one attached hydrogen (secondary N) is 2. The highest BCUT2D eigenvalue weighted by atomic mass is 32.2. The molecule has 0 spiro atoms. The van der Waals surface area contributed by atoms with Gasteiger partial charge in [-0.15, -0.1) is 23.1 Å². The fraction of sp³-hybridized carbons (Fsp3) is 0.0500. The first-order chi connectivity index (χ1) is 13.2. The number of thiophene rings is 1. The van der Waals surface area contributed by atoms with E-state index in [1.807, 2.05) is 35.9 Å². The lowest BCUT2D eigenvalue weighted by molar-refractivity contribution is 0.0956. The van der Waals surface area contributed by atoms with Crippen molar-refractivity contribution in [2.45, 2.75) is 4.90 Å². The standard InChI is InChI=1S/C20H17N3O2S2/c1-26-15-10-8-14(9-11-15)13-21-23-19(24)16-5-2-3-6-17(16)22-20(25)18-7-4-12-27-18/h2-13H,1H3,(H,22,25)(H,23,24). The minimum atomic E-state index is -0.394. The Kier molecular flexibility index (Phi) is 6.40. The second kappa shape index (κ2) is 9.16. The van der Waals surface area contributed by atoms with Gasteiger partial charge in [0.1, 0.15) is 0 Å². The van der Waals surface area contributed by atoms with E-state index in [0.717, 1.165) is 10.5 Å². The second-order valence-electron chi connectivity index (χ2n) is 5.45. The number of carbonyl (C=O) groups is 2. The van der Waals surface area contributed by atoms with Crippen molar-refractivity contribution in [2.75, 3.05) is 11.6 Å². The lowest BCUT2D eigenvalue weighted by Gasteiger charge is -2.09. The smallest absolute Gasteiger partial charge is 0.273 e. The molecule has 3 aromatic rings. The summed E-state index contributed by atoms with van der Waals surface area (Å²) in [5.74, 6) is -0.642. The molecule has 0 fully saturated rings. The maximum atomic E-state index is 12.4. The summed E-state index contributed by atoms with van der Waals surface area (Å²) < 4.78 is 0. The van der Waals surface area contributed by atoms with E-state index in [-0.39, 0.29) is 5.91 Å². The number of rotatable bonds is 6. The van der Waals surface area contributed by atoms with Gasteiger partial charge < -0.3 is 5.32 Å². The minimum absolute atomic E-state index is 0.248. The lowest BCUT2D eigenvalue weighted by Crippen LogP contribution is -2.21. The zero-order valence-corrected chi connectivity index (χ0v) is 16.1. The van der Waals surface area contributed by atoms with Crippen molar-refractivity contribution in [2.24, 2.45) is 5.10 Å². The number of nitrogens with zero attached hydrogens (tertiary/aromatic N) is 1. The Morgan fingerprint density at radius 1 is 1.00 bits per heavy atom. The number of hydrogen-bond acceptors (Lipinski definition) is 5. The maximum absolute atomic E-state index is 12.4. The molecule has 2 aromatic carbocycles. The summed E-state index contributed by atoms with van der Waals surface area (Å²) in [7, 11) is 0. The number of carbonyl (C=O) groups excluding carboxylic acids is 2. The Bertz CT molecular complexity index is 952. The monoisotopic (exact) mass is 395 g/mol. The predicted octanol–water partition coefficient (Wildman–Crippen LogP) is 4.49. The summed E-state index contributed by atoms with van der Waals surface area (Å²) in [5, 5.41) is 8.60. The molecular weight excluding hydrogens is 378 g/mol. The first-order valence-electron chi connectivity index (χ1n) is 8.08. The highest BCUT2D eigenvalue weighted by Gasteiger charge is 2.14. The molecule has 0 saturated carbocycles.